The van der Waals surface area contributed by atoms with Crippen LogP contribution in [0.5, 0.6) is 0 Å². The molecule has 0 N–H and O–H groups in total. The number of rotatable bonds is 3. The highest BCUT2D eigenvalue weighted by Gasteiger charge is 2.16. The zero-order chi connectivity index (χ0) is 10.7. The number of hydrogen-bond acceptors (Lipinski definition) is 0. The van der Waals surface area contributed by atoms with Crippen LogP contribution in [0.3, 0.4) is 0 Å². The third-order valence-corrected chi connectivity index (χ3v) is 3.15. The molecule has 0 heteroatoms. The largest absolute Gasteiger partial charge is 0.0695 e. The molecule has 1 aliphatic rings. The summed E-state index contributed by atoms with van der Waals surface area (Å²) in [6.07, 6.45) is 7.17. The van der Waals surface area contributed by atoms with Gasteiger partial charge in [-0.2, -0.15) is 0 Å². The molecule has 1 aliphatic carbocycles. The van der Waals surface area contributed by atoms with Gasteiger partial charge in [0.15, 0.2) is 0 Å². The Hall–Kier alpha value is -1.30. The van der Waals surface area contributed by atoms with Crippen LogP contribution < -0.4 is 0 Å². The molecular weight excluding hydrogens is 180 g/mol. The fourth-order valence-electron chi connectivity index (χ4n) is 2.23. The highest BCUT2D eigenvalue weighted by molar-refractivity contribution is 5.78. The van der Waals surface area contributed by atoms with Crippen molar-refractivity contribution in [3.63, 3.8) is 0 Å². The molecule has 0 saturated heterocycles. The van der Waals surface area contributed by atoms with Crippen molar-refractivity contribution < 1.29 is 0 Å². The Morgan fingerprint density at radius 3 is 2.33 bits per heavy atom. The van der Waals surface area contributed by atoms with Gasteiger partial charge in [-0.15, -0.1) is 0 Å². The number of allylic oxidation sites excluding steroid dienone is 4. The molecule has 0 aromatic heterocycles. The van der Waals surface area contributed by atoms with Gasteiger partial charge in [-0.3, -0.25) is 0 Å². The fraction of sp³-hybridized carbons (Fsp3) is 0.333. The van der Waals surface area contributed by atoms with E-state index >= 15 is 0 Å². The van der Waals surface area contributed by atoms with Gasteiger partial charge in [0.05, 0.1) is 0 Å². The maximum atomic E-state index is 2.41. The van der Waals surface area contributed by atoms with E-state index in [-0.39, 0.29) is 0 Å². The van der Waals surface area contributed by atoms with Crippen molar-refractivity contribution in [1.29, 1.82) is 0 Å². The molecule has 0 amide bonds. The van der Waals surface area contributed by atoms with Gasteiger partial charge in [0.25, 0.3) is 0 Å². The van der Waals surface area contributed by atoms with Crippen LogP contribution in [-0.4, -0.2) is 0 Å². The van der Waals surface area contributed by atoms with Gasteiger partial charge in [-0.25, -0.2) is 0 Å². The van der Waals surface area contributed by atoms with Crippen molar-refractivity contribution in [2.75, 3.05) is 0 Å². The molecule has 0 radical (unpaired) electrons. The normalized spacial score (nSPS) is 20.0. The van der Waals surface area contributed by atoms with Gasteiger partial charge in [0.2, 0.25) is 0 Å². The van der Waals surface area contributed by atoms with E-state index in [1.807, 2.05) is 0 Å². The first-order chi connectivity index (χ1) is 7.35. The average Bonchev–Trinajstić information content (AvgIpc) is 2.73. The summed E-state index contributed by atoms with van der Waals surface area (Å²) in [6.45, 7) is 4.51. The molecule has 0 fully saturated rings. The van der Waals surface area contributed by atoms with Gasteiger partial charge < -0.3 is 0 Å². The van der Waals surface area contributed by atoms with Crippen LogP contribution in [0.25, 0.3) is 5.57 Å². The van der Waals surface area contributed by atoms with Crippen LogP contribution in [0.2, 0.25) is 0 Å². The molecular formula is C15H18. The molecule has 0 saturated carbocycles. The lowest BCUT2D eigenvalue weighted by Gasteiger charge is -2.07. The third-order valence-electron chi connectivity index (χ3n) is 3.15. The van der Waals surface area contributed by atoms with Crippen molar-refractivity contribution in [3.8, 4) is 0 Å². The highest BCUT2D eigenvalue weighted by atomic mass is 14.2. The van der Waals surface area contributed by atoms with Crippen LogP contribution in [0.4, 0.5) is 0 Å². The second-order valence-electron chi connectivity index (χ2n) is 4.08. The lowest BCUT2D eigenvalue weighted by atomic mass is 9.98. The third kappa shape index (κ3) is 2.04. The Balaban J connectivity index is 2.29. The molecule has 2 rings (SSSR count). The summed E-state index contributed by atoms with van der Waals surface area (Å²) in [4.78, 5) is 0. The van der Waals surface area contributed by atoms with Crippen LogP contribution in [-0.2, 0) is 0 Å². The van der Waals surface area contributed by atoms with Gasteiger partial charge in [0.1, 0.15) is 0 Å². The first-order valence-corrected chi connectivity index (χ1v) is 5.82. The minimum atomic E-state index is 0.671. The summed E-state index contributed by atoms with van der Waals surface area (Å²) in [7, 11) is 0. The van der Waals surface area contributed by atoms with Gasteiger partial charge in [-0.05, 0) is 29.9 Å². The lowest BCUT2D eigenvalue weighted by molar-refractivity contribution is 0.711. The van der Waals surface area contributed by atoms with Gasteiger partial charge >= 0.3 is 0 Å². The fourth-order valence-corrected chi connectivity index (χ4v) is 2.23. The maximum Gasteiger partial charge on any atom is -0.00135 e. The van der Waals surface area contributed by atoms with Crippen molar-refractivity contribution >= 4 is 5.57 Å². The van der Waals surface area contributed by atoms with Crippen molar-refractivity contribution in [2.45, 2.75) is 26.7 Å². The quantitative estimate of drug-likeness (QED) is 0.673. The molecule has 1 atom stereocenters. The lowest BCUT2D eigenvalue weighted by Crippen LogP contribution is -1.93. The van der Waals surface area contributed by atoms with Gasteiger partial charge in [0, 0.05) is 0 Å². The Kier molecular flexibility index (Phi) is 3.05. The van der Waals surface area contributed by atoms with E-state index < -0.39 is 0 Å². The summed E-state index contributed by atoms with van der Waals surface area (Å²) in [5.41, 5.74) is 4.33. The average molecular weight is 198 g/mol. The SMILES string of the molecule is CCC1=CC(c2ccccc2)=CC1CC. The summed E-state index contributed by atoms with van der Waals surface area (Å²) < 4.78 is 0. The van der Waals surface area contributed by atoms with E-state index in [9.17, 15) is 0 Å². The second kappa shape index (κ2) is 4.48. The van der Waals surface area contributed by atoms with Crippen molar-refractivity contribution in [3.05, 3.63) is 53.6 Å². The van der Waals surface area contributed by atoms with Crippen molar-refractivity contribution in [2.24, 2.45) is 5.92 Å². The molecule has 0 spiro atoms. The van der Waals surface area contributed by atoms with Crippen LogP contribution in [0.15, 0.2) is 48.1 Å². The van der Waals surface area contributed by atoms with Gasteiger partial charge in [-0.1, -0.05) is 61.9 Å². The second-order valence-corrected chi connectivity index (χ2v) is 4.08. The van der Waals surface area contributed by atoms with E-state index in [0.717, 1.165) is 0 Å². The first-order valence-electron chi connectivity index (χ1n) is 5.82. The Morgan fingerprint density at radius 2 is 1.80 bits per heavy atom. The molecule has 78 valence electrons. The van der Waals surface area contributed by atoms with E-state index in [0.29, 0.717) is 5.92 Å². The molecule has 1 unspecified atom stereocenters. The monoisotopic (exact) mass is 198 g/mol. The minimum absolute atomic E-state index is 0.671. The molecule has 0 bridgehead atoms. The topological polar surface area (TPSA) is 0 Å². The zero-order valence-electron chi connectivity index (χ0n) is 9.53. The molecule has 1 aromatic rings. The minimum Gasteiger partial charge on any atom is -0.0695 e. The predicted molar refractivity (Wildman–Crippen MR) is 66.6 cm³/mol. The summed E-state index contributed by atoms with van der Waals surface area (Å²) in [6, 6.07) is 10.7. The smallest absolute Gasteiger partial charge is 0.00135 e. The zero-order valence-corrected chi connectivity index (χ0v) is 9.53. The Morgan fingerprint density at radius 1 is 1.07 bits per heavy atom. The van der Waals surface area contributed by atoms with E-state index in [4.69, 9.17) is 0 Å². The van der Waals surface area contributed by atoms with Crippen LogP contribution in [0.1, 0.15) is 32.3 Å². The maximum absolute atomic E-state index is 2.41. The summed E-state index contributed by atoms with van der Waals surface area (Å²) in [5.74, 6) is 0.671. The Labute approximate surface area is 92.3 Å². The highest BCUT2D eigenvalue weighted by Crippen LogP contribution is 2.33. The first kappa shape index (κ1) is 10.2. The molecule has 0 aliphatic heterocycles. The van der Waals surface area contributed by atoms with Crippen LogP contribution >= 0.6 is 0 Å². The predicted octanol–water partition coefficient (Wildman–Crippen LogP) is 4.45. The standard InChI is InChI=1S/C15H18/c1-3-12-10-15(11-13(12)4-2)14-8-6-5-7-9-14/h5-12H,3-4H2,1-2H3. The molecule has 1 aromatic carbocycles. The van der Waals surface area contributed by atoms with E-state index in [2.05, 4.69) is 56.3 Å². The molecule has 0 nitrogen and oxygen atoms in total. The molecule has 0 heterocycles. The summed E-state index contributed by atoms with van der Waals surface area (Å²) >= 11 is 0. The van der Waals surface area contributed by atoms with E-state index in [1.165, 1.54) is 24.0 Å². The summed E-state index contributed by atoms with van der Waals surface area (Å²) in [5, 5.41) is 0. The number of benzene rings is 1. The van der Waals surface area contributed by atoms with E-state index in [1.54, 1.807) is 5.57 Å². The van der Waals surface area contributed by atoms with Crippen LogP contribution in [0, 0.1) is 5.92 Å². The molecule has 15 heavy (non-hydrogen) atoms. The number of hydrogen-bond donors (Lipinski definition) is 0. The van der Waals surface area contributed by atoms with Crippen molar-refractivity contribution in [1.82, 2.24) is 0 Å². The Bertz CT molecular complexity index is 382.